The molecule has 0 aromatic heterocycles. The summed E-state index contributed by atoms with van der Waals surface area (Å²) in [6, 6.07) is 4.64. The molecule has 0 fully saturated rings. The first-order valence-corrected chi connectivity index (χ1v) is 5.44. The first-order valence-electron chi connectivity index (χ1n) is 4.64. The van der Waals surface area contributed by atoms with Crippen LogP contribution in [0, 0.1) is 10.1 Å². The lowest BCUT2D eigenvalue weighted by atomic mass is 10.1. The zero-order valence-corrected chi connectivity index (χ0v) is 9.94. The Morgan fingerprint density at radius 2 is 2.12 bits per heavy atom. The van der Waals surface area contributed by atoms with Crippen molar-refractivity contribution < 1.29 is 14.8 Å². The minimum atomic E-state index is -0.857. The number of carboxylic acids is 1. The SMILES string of the molecule is O=C(O)CCCc1cc(Br)cc([N+](=O)[O-])c1. The quantitative estimate of drug-likeness (QED) is 0.667. The van der Waals surface area contributed by atoms with Crippen molar-refractivity contribution in [2.45, 2.75) is 19.3 Å². The van der Waals surface area contributed by atoms with Gasteiger partial charge >= 0.3 is 5.97 Å². The van der Waals surface area contributed by atoms with Gasteiger partial charge in [-0.05, 0) is 24.5 Å². The maximum absolute atomic E-state index is 10.6. The van der Waals surface area contributed by atoms with E-state index in [0.717, 1.165) is 5.56 Å². The average Bonchev–Trinajstić information content (AvgIpc) is 2.16. The van der Waals surface area contributed by atoms with Crippen molar-refractivity contribution in [3.05, 3.63) is 38.3 Å². The summed E-state index contributed by atoms with van der Waals surface area (Å²) in [7, 11) is 0. The summed E-state index contributed by atoms with van der Waals surface area (Å²) in [5.41, 5.74) is 0.780. The van der Waals surface area contributed by atoms with Gasteiger partial charge in [0.2, 0.25) is 0 Å². The van der Waals surface area contributed by atoms with E-state index in [2.05, 4.69) is 15.9 Å². The number of nitro benzene ring substituents is 1. The van der Waals surface area contributed by atoms with Crippen molar-refractivity contribution in [1.29, 1.82) is 0 Å². The summed E-state index contributed by atoms with van der Waals surface area (Å²) in [6.07, 6.45) is 1.07. The fourth-order valence-electron chi connectivity index (χ4n) is 1.33. The van der Waals surface area contributed by atoms with Crippen molar-refractivity contribution in [1.82, 2.24) is 0 Å². The monoisotopic (exact) mass is 287 g/mol. The Bertz CT molecular complexity index is 419. The molecule has 0 bridgehead atoms. The first kappa shape index (κ1) is 12.6. The molecule has 1 aromatic rings. The molecule has 16 heavy (non-hydrogen) atoms. The zero-order chi connectivity index (χ0) is 12.1. The van der Waals surface area contributed by atoms with Crippen molar-refractivity contribution in [3.63, 3.8) is 0 Å². The molecule has 0 saturated carbocycles. The van der Waals surface area contributed by atoms with Crippen LogP contribution in [0.1, 0.15) is 18.4 Å². The topological polar surface area (TPSA) is 80.4 Å². The largest absolute Gasteiger partial charge is 0.481 e. The smallest absolute Gasteiger partial charge is 0.303 e. The number of hydrogen-bond acceptors (Lipinski definition) is 3. The van der Waals surface area contributed by atoms with Gasteiger partial charge in [0, 0.05) is 23.0 Å². The number of carboxylic acid groups (broad SMARTS) is 1. The van der Waals surface area contributed by atoms with Crippen LogP contribution in [0.15, 0.2) is 22.7 Å². The number of benzene rings is 1. The summed E-state index contributed by atoms with van der Waals surface area (Å²) in [5.74, 6) is -0.857. The molecule has 0 aliphatic carbocycles. The molecule has 1 rings (SSSR count). The van der Waals surface area contributed by atoms with E-state index in [1.165, 1.54) is 12.1 Å². The standard InChI is InChI=1S/C10H10BrNO4/c11-8-4-7(2-1-3-10(13)14)5-9(6-8)12(15)16/h4-6H,1-3H2,(H,13,14). The van der Waals surface area contributed by atoms with Gasteiger partial charge in [0.15, 0.2) is 0 Å². The second-order valence-electron chi connectivity index (χ2n) is 3.32. The Balaban J connectivity index is 2.72. The summed E-state index contributed by atoms with van der Waals surface area (Å²) in [5, 5.41) is 19.0. The van der Waals surface area contributed by atoms with Gasteiger partial charge in [-0.3, -0.25) is 14.9 Å². The van der Waals surface area contributed by atoms with Crippen molar-refractivity contribution in [3.8, 4) is 0 Å². The molecule has 5 nitrogen and oxygen atoms in total. The number of aliphatic carboxylic acids is 1. The summed E-state index contributed by atoms with van der Waals surface area (Å²) >= 11 is 3.18. The maximum Gasteiger partial charge on any atom is 0.303 e. The maximum atomic E-state index is 10.6. The third-order valence-electron chi connectivity index (χ3n) is 2.01. The molecule has 0 radical (unpaired) electrons. The minimum Gasteiger partial charge on any atom is -0.481 e. The van der Waals surface area contributed by atoms with E-state index in [-0.39, 0.29) is 12.1 Å². The van der Waals surface area contributed by atoms with Gasteiger partial charge in [0.05, 0.1) is 4.92 Å². The highest BCUT2D eigenvalue weighted by atomic mass is 79.9. The molecule has 0 aliphatic heterocycles. The Morgan fingerprint density at radius 1 is 1.44 bits per heavy atom. The van der Waals surface area contributed by atoms with E-state index in [1.807, 2.05) is 0 Å². The van der Waals surface area contributed by atoms with E-state index in [4.69, 9.17) is 5.11 Å². The fourth-order valence-corrected chi connectivity index (χ4v) is 1.86. The summed E-state index contributed by atoms with van der Waals surface area (Å²) < 4.78 is 0.632. The number of non-ortho nitro benzene ring substituents is 1. The van der Waals surface area contributed by atoms with Crippen LogP contribution in [-0.2, 0) is 11.2 Å². The van der Waals surface area contributed by atoms with E-state index < -0.39 is 10.9 Å². The molecule has 0 aliphatic rings. The minimum absolute atomic E-state index is 0.0136. The molecule has 86 valence electrons. The van der Waals surface area contributed by atoms with Crippen molar-refractivity contribution in [2.24, 2.45) is 0 Å². The second-order valence-corrected chi connectivity index (χ2v) is 4.24. The van der Waals surface area contributed by atoms with Gasteiger partial charge in [-0.2, -0.15) is 0 Å². The zero-order valence-electron chi connectivity index (χ0n) is 8.35. The van der Waals surface area contributed by atoms with Gasteiger partial charge in [0.25, 0.3) is 5.69 Å². The number of hydrogen-bond donors (Lipinski definition) is 1. The van der Waals surface area contributed by atoms with Crippen LogP contribution in [0.4, 0.5) is 5.69 Å². The van der Waals surface area contributed by atoms with Crippen LogP contribution in [0.3, 0.4) is 0 Å². The van der Waals surface area contributed by atoms with Gasteiger partial charge in [-0.25, -0.2) is 0 Å². The Hall–Kier alpha value is -1.43. The number of halogens is 1. The molecule has 1 N–H and O–H groups in total. The lowest BCUT2D eigenvalue weighted by Crippen LogP contribution is -1.97. The molecule has 0 amide bonds. The van der Waals surface area contributed by atoms with Crippen LogP contribution in [-0.4, -0.2) is 16.0 Å². The van der Waals surface area contributed by atoms with Crippen LogP contribution in [0.25, 0.3) is 0 Å². The number of nitrogens with zero attached hydrogens (tertiary/aromatic N) is 1. The molecule has 6 heteroatoms. The molecule has 0 unspecified atom stereocenters. The second kappa shape index (κ2) is 5.60. The highest BCUT2D eigenvalue weighted by Gasteiger charge is 2.08. The van der Waals surface area contributed by atoms with Crippen LogP contribution >= 0.6 is 15.9 Å². The van der Waals surface area contributed by atoms with Crippen LogP contribution in [0.2, 0.25) is 0 Å². The lowest BCUT2D eigenvalue weighted by molar-refractivity contribution is -0.385. The van der Waals surface area contributed by atoms with Crippen molar-refractivity contribution >= 4 is 27.6 Å². The van der Waals surface area contributed by atoms with Gasteiger partial charge in [-0.15, -0.1) is 0 Å². The van der Waals surface area contributed by atoms with Crippen molar-refractivity contribution in [2.75, 3.05) is 0 Å². The summed E-state index contributed by atoms with van der Waals surface area (Å²) in [6.45, 7) is 0. The predicted molar refractivity (Wildman–Crippen MR) is 61.4 cm³/mol. The molecular formula is C10H10BrNO4. The van der Waals surface area contributed by atoms with Gasteiger partial charge in [-0.1, -0.05) is 15.9 Å². The third-order valence-corrected chi connectivity index (χ3v) is 2.47. The molecular weight excluding hydrogens is 278 g/mol. The fraction of sp³-hybridized carbons (Fsp3) is 0.300. The first-order chi connectivity index (χ1) is 7.49. The van der Waals surface area contributed by atoms with Gasteiger partial charge < -0.3 is 5.11 Å². The molecule has 1 aromatic carbocycles. The molecule has 0 spiro atoms. The highest BCUT2D eigenvalue weighted by Crippen LogP contribution is 2.22. The number of nitro groups is 1. The molecule has 0 heterocycles. The highest BCUT2D eigenvalue weighted by molar-refractivity contribution is 9.10. The lowest BCUT2D eigenvalue weighted by Gasteiger charge is -2.01. The number of aryl methyl sites for hydroxylation is 1. The number of rotatable bonds is 5. The van der Waals surface area contributed by atoms with Gasteiger partial charge in [0.1, 0.15) is 0 Å². The van der Waals surface area contributed by atoms with Crippen LogP contribution in [0.5, 0.6) is 0 Å². The normalized spacial score (nSPS) is 10.1. The third kappa shape index (κ3) is 3.98. The average molecular weight is 288 g/mol. The number of carbonyl (C=O) groups is 1. The molecule has 0 atom stereocenters. The Labute approximate surface area is 100 Å². The predicted octanol–water partition coefficient (Wildman–Crippen LogP) is 2.76. The Kier molecular flexibility index (Phi) is 4.42. The summed E-state index contributed by atoms with van der Waals surface area (Å²) in [4.78, 5) is 20.4. The molecule has 0 saturated heterocycles. The Morgan fingerprint density at radius 3 is 2.69 bits per heavy atom. The van der Waals surface area contributed by atoms with E-state index in [9.17, 15) is 14.9 Å². The van der Waals surface area contributed by atoms with Crippen LogP contribution < -0.4 is 0 Å². The van der Waals surface area contributed by atoms with E-state index in [0.29, 0.717) is 17.3 Å². The van der Waals surface area contributed by atoms with E-state index >= 15 is 0 Å². The van der Waals surface area contributed by atoms with E-state index in [1.54, 1.807) is 6.07 Å².